The van der Waals surface area contributed by atoms with Gasteiger partial charge in [0, 0.05) is 13.0 Å². The molecule has 0 spiro atoms. The number of rotatable bonds is 4. The average Bonchev–Trinajstić information content (AvgIpc) is 2.45. The zero-order valence-corrected chi connectivity index (χ0v) is 13.2. The molecule has 0 aliphatic carbocycles. The van der Waals surface area contributed by atoms with Gasteiger partial charge in [-0.15, -0.1) is 0 Å². The molecule has 6 heteroatoms. The number of benzene rings is 1. The Labute approximate surface area is 125 Å². The van der Waals surface area contributed by atoms with Gasteiger partial charge in [-0.3, -0.25) is 4.79 Å². The Balaban J connectivity index is 2.01. The lowest BCUT2D eigenvalue weighted by atomic mass is 10.0. The normalized spacial score (nSPS) is 18.5. The highest BCUT2D eigenvalue weighted by Gasteiger charge is 2.34. The Kier molecular flexibility index (Phi) is 4.68. The lowest BCUT2D eigenvalue weighted by Gasteiger charge is -2.42. The number of carbonyl (C=O) groups is 1. The molecule has 2 rings (SSSR count). The molecule has 116 valence electrons. The summed E-state index contributed by atoms with van der Waals surface area (Å²) >= 11 is 0. The van der Waals surface area contributed by atoms with E-state index >= 15 is 0 Å². The smallest absolute Gasteiger partial charge is 0.224 e. The van der Waals surface area contributed by atoms with Crippen LogP contribution >= 0.6 is 0 Å². The van der Waals surface area contributed by atoms with Crippen LogP contribution in [0.1, 0.15) is 20.3 Å². The van der Waals surface area contributed by atoms with Crippen LogP contribution in [0.3, 0.4) is 0 Å². The number of amides is 1. The van der Waals surface area contributed by atoms with Gasteiger partial charge in [-0.25, -0.2) is 8.42 Å². The predicted molar refractivity (Wildman–Crippen MR) is 79.7 cm³/mol. The first-order chi connectivity index (χ1) is 9.83. The zero-order valence-electron chi connectivity index (χ0n) is 12.4. The summed E-state index contributed by atoms with van der Waals surface area (Å²) in [6.07, 6.45) is 0.000652. The van der Waals surface area contributed by atoms with E-state index in [2.05, 4.69) is 0 Å². The second-order valence-corrected chi connectivity index (χ2v) is 7.90. The quantitative estimate of drug-likeness (QED) is 0.845. The van der Waals surface area contributed by atoms with Crippen molar-refractivity contribution in [2.24, 2.45) is 0 Å². The second-order valence-electron chi connectivity index (χ2n) is 5.79. The summed E-state index contributed by atoms with van der Waals surface area (Å²) in [6, 6.07) is 8.23. The molecule has 1 aromatic carbocycles. The minimum absolute atomic E-state index is 0.000652. The van der Waals surface area contributed by atoms with E-state index in [9.17, 15) is 13.2 Å². The van der Waals surface area contributed by atoms with Gasteiger partial charge < -0.3 is 9.64 Å². The van der Waals surface area contributed by atoms with Gasteiger partial charge in [0.25, 0.3) is 0 Å². The number of ether oxygens (including phenoxy) is 1. The van der Waals surface area contributed by atoms with Crippen LogP contribution in [0.2, 0.25) is 0 Å². The topological polar surface area (TPSA) is 63.7 Å². The highest BCUT2D eigenvalue weighted by molar-refractivity contribution is 7.91. The van der Waals surface area contributed by atoms with E-state index < -0.39 is 9.84 Å². The second kappa shape index (κ2) is 6.15. The molecule has 0 radical (unpaired) electrons. The molecule has 0 bridgehead atoms. The lowest BCUT2D eigenvalue weighted by molar-refractivity contribution is -0.145. The molecule has 0 aromatic heterocycles. The van der Waals surface area contributed by atoms with Crippen molar-refractivity contribution in [2.75, 3.05) is 25.5 Å². The first-order valence-corrected chi connectivity index (χ1v) is 8.64. The van der Waals surface area contributed by atoms with E-state index in [1.165, 1.54) is 0 Å². The molecule has 1 fully saturated rings. The van der Waals surface area contributed by atoms with Crippen LogP contribution in [0.25, 0.3) is 0 Å². The maximum Gasteiger partial charge on any atom is 0.224 e. The predicted octanol–water partition coefficient (Wildman–Crippen LogP) is 1.49. The lowest BCUT2D eigenvalue weighted by Crippen LogP contribution is -2.55. The number of nitrogens with zero attached hydrogens (tertiary/aromatic N) is 1. The van der Waals surface area contributed by atoms with Crippen LogP contribution in [-0.2, 0) is 19.4 Å². The van der Waals surface area contributed by atoms with Crippen molar-refractivity contribution in [3.8, 4) is 0 Å². The molecule has 5 nitrogen and oxygen atoms in total. The molecular formula is C15H21NO4S. The van der Waals surface area contributed by atoms with Gasteiger partial charge in [0.05, 0.1) is 29.4 Å². The zero-order chi connectivity index (χ0) is 15.5. The summed E-state index contributed by atoms with van der Waals surface area (Å²) in [7, 11) is -3.41. The van der Waals surface area contributed by atoms with E-state index in [0.29, 0.717) is 19.8 Å². The fourth-order valence-corrected chi connectivity index (χ4v) is 3.67. The monoisotopic (exact) mass is 311 g/mol. The minimum atomic E-state index is -3.41. The first-order valence-electron chi connectivity index (χ1n) is 6.99. The standard InChI is InChI=1S/C15H21NO4S/c1-15(2)12-20-10-9-16(15)14(17)8-11-21(18,19)13-6-4-3-5-7-13/h3-7H,8-12H2,1-2H3. The fraction of sp³-hybridized carbons (Fsp3) is 0.533. The van der Waals surface area contributed by atoms with Crippen molar-refractivity contribution in [3.05, 3.63) is 30.3 Å². The maximum absolute atomic E-state index is 12.3. The van der Waals surface area contributed by atoms with Crippen molar-refractivity contribution in [2.45, 2.75) is 30.7 Å². The molecular weight excluding hydrogens is 290 g/mol. The van der Waals surface area contributed by atoms with E-state index in [4.69, 9.17) is 4.74 Å². The summed E-state index contributed by atoms with van der Waals surface area (Å²) in [4.78, 5) is 14.3. The van der Waals surface area contributed by atoms with Gasteiger partial charge in [-0.2, -0.15) is 0 Å². The third kappa shape index (κ3) is 3.83. The van der Waals surface area contributed by atoms with Crippen LogP contribution in [0.15, 0.2) is 35.2 Å². The van der Waals surface area contributed by atoms with Crippen molar-refractivity contribution in [1.29, 1.82) is 0 Å². The number of hydrogen-bond acceptors (Lipinski definition) is 4. The number of carbonyl (C=O) groups excluding carboxylic acids is 1. The molecule has 1 amide bonds. The summed E-state index contributed by atoms with van der Waals surface area (Å²) < 4.78 is 29.7. The van der Waals surface area contributed by atoms with Gasteiger partial charge >= 0.3 is 0 Å². The van der Waals surface area contributed by atoms with Gasteiger partial charge in [-0.05, 0) is 26.0 Å². The largest absolute Gasteiger partial charge is 0.377 e. The number of hydrogen-bond donors (Lipinski definition) is 0. The molecule has 1 aliphatic rings. The highest BCUT2D eigenvalue weighted by atomic mass is 32.2. The third-order valence-corrected chi connectivity index (χ3v) is 5.37. The van der Waals surface area contributed by atoms with Crippen molar-refractivity contribution in [1.82, 2.24) is 4.90 Å². The molecule has 21 heavy (non-hydrogen) atoms. The van der Waals surface area contributed by atoms with Gasteiger partial charge in [0.1, 0.15) is 0 Å². The Morgan fingerprint density at radius 3 is 2.57 bits per heavy atom. The van der Waals surface area contributed by atoms with Crippen LogP contribution in [0.4, 0.5) is 0 Å². The van der Waals surface area contributed by atoms with Crippen LogP contribution in [0.5, 0.6) is 0 Å². The summed E-state index contributed by atoms with van der Waals surface area (Å²) in [6.45, 7) is 5.34. The molecule has 1 heterocycles. The molecule has 1 aliphatic heterocycles. The van der Waals surface area contributed by atoms with Crippen molar-refractivity contribution >= 4 is 15.7 Å². The van der Waals surface area contributed by atoms with Crippen LogP contribution in [-0.4, -0.2) is 50.3 Å². The Morgan fingerprint density at radius 2 is 1.95 bits per heavy atom. The van der Waals surface area contributed by atoms with E-state index in [-0.39, 0.29) is 28.5 Å². The van der Waals surface area contributed by atoms with Crippen LogP contribution < -0.4 is 0 Å². The SMILES string of the molecule is CC1(C)COCCN1C(=O)CCS(=O)(=O)c1ccccc1. The van der Waals surface area contributed by atoms with Crippen molar-refractivity contribution in [3.63, 3.8) is 0 Å². The Morgan fingerprint density at radius 1 is 1.29 bits per heavy atom. The maximum atomic E-state index is 12.3. The van der Waals surface area contributed by atoms with Gasteiger partial charge in [0.15, 0.2) is 9.84 Å². The number of morpholine rings is 1. The molecule has 0 unspecified atom stereocenters. The first kappa shape index (κ1) is 16.0. The van der Waals surface area contributed by atoms with Crippen LogP contribution in [0, 0.1) is 0 Å². The molecule has 1 saturated heterocycles. The fourth-order valence-electron chi connectivity index (χ4n) is 2.42. The molecule has 0 saturated carbocycles. The van der Waals surface area contributed by atoms with E-state index in [1.807, 2.05) is 13.8 Å². The minimum Gasteiger partial charge on any atom is -0.377 e. The molecule has 0 atom stereocenters. The Hall–Kier alpha value is -1.40. The van der Waals surface area contributed by atoms with E-state index in [0.717, 1.165) is 0 Å². The van der Waals surface area contributed by atoms with E-state index in [1.54, 1.807) is 35.2 Å². The number of sulfone groups is 1. The average molecular weight is 311 g/mol. The molecule has 0 N–H and O–H groups in total. The van der Waals surface area contributed by atoms with Crippen molar-refractivity contribution < 1.29 is 17.9 Å². The van der Waals surface area contributed by atoms with Gasteiger partial charge in [0.2, 0.25) is 5.91 Å². The Bertz CT molecular complexity index is 595. The summed E-state index contributed by atoms with van der Waals surface area (Å²) in [5, 5.41) is 0. The van der Waals surface area contributed by atoms with Gasteiger partial charge in [-0.1, -0.05) is 18.2 Å². The summed E-state index contributed by atoms with van der Waals surface area (Å²) in [5.74, 6) is -0.300. The summed E-state index contributed by atoms with van der Waals surface area (Å²) in [5.41, 5.74) is -0.383. The highest BCUT2D eigenvalue weighted by Crippen LogP contribution is 2.20. The molecule has 1 aromatic rings. The third-order valence-electron chi connectivity index (χ3n) is 3.63.